The third kappa shape index (κ3) is 3.07. The predicted octanol–water partition coefficient (Wildman–Crippen LogP) is 1.73. The van der Waals surface area contributed by atoms with Crippen molar-refractivity contribution in [2.75, 3.05) is 5.88 Å². The number of pyridine rings is 1. The Morgan fingerprint density at radius 1 is 1.38 bits per heavy atom. The molecule has 0 fully saturated rings. The molecule has 3 nitrogen and oxygen atoms in total. The molecule has 0 aromatic carbocycles. The van der Waals surface area contributed by atoms with Crippen molar-refractivity contribution in [3.63, 3.8) is 0 Å². The first-order chi connectivity index (χ1) is 7.36. The minimum Gasteiger partial charge on any atom is -0.389 e. The topological polar surface area (TPSA) is 53.4 Å². The van der Waals surface area contributed by atoms with Gasteiger partial charge in [-0.1, -0.05) is 0 Å². The van der Waals surface area contributed by atoms with Crippen molar-refractivity contribution in [3.8, 4) is 0 Å². The summed E-state index contributed by atoms with van der Waals surface area (Å²) in [5.41, 5.74) is -1.19. The summed E-state index contributed by atoms with van der Waals surface area (Å²) in [6, 6.07) is 1.46. The Hall–Kier alpha value is -0.850. The van der Waals surface area contributed by atoms with Crippen LogP contribution in [-0.2, 0) is 6.18 Å². The number of aliphatic hydroxyl groups is 2. The summed E-state index contributed by atoms with van der Waals surface area (Å²) in [5, 5.41) is 18.6. The Morgan fingerprint density at radius 2 is 2.00 bits per heavy atom. The lowest BCUT2D eigenvalue weighted by Gasteiger charge is -2.16. The predicted molar refractivity (Wildman–Crippen MR) is 50.9 cm³/mol. The van der Waals surface area contributed by atoms with Crippen LogP contribution in [0.2, 0.25) is 0 Å². The van der Waals surface area contributed by atoms with Gasteiger partial charge in [0.25, 0.3) is 0 Å². The van der Waals surface area contributed by atoms with Crippen molar-refractivity contribution in [1.82, 2.24) is 4.98 Å². The lowest BCUT2D eigenvalue weighted by molar-refractivity contribution is -0.137. The molecule has 1 rings (SSSR count). The SMILES string of the molecule is OC(CCl)C(O)c1cc(C(F)(F)F)ccn1. The molecule has 0 bridgehead atoms. The molecule has 90 valence electrons. The Kier molecular flexibility index (Phi) is 4.12. The van der Waals surface area contributed by atoms with Gasteiger partial charge in [0.2, 0.25) is 0 Å². The molecular formula is C9H9ClF3NO2. The third-order valence-electron chi connectivity index (χ3n) is 1.93. The van der Waals surface area contributed by atoms with Gasteiger partial charge in [-0.05, 0) is 12.1 Å². The van der Waals surface area contributed by atoms with E-state index in [-0.39, 0.29) is 11.6 Å². The molecule has 16 heavy (non-hydrogen) atoms. The van der Waals surface area contributed by atoms with Crippen molar-refractivity contribution in [3.05, 3.63) is 29.6 Å². The quantitative estimate of drug-likeness (QED) is 0.809. The third-order valence-corrected chi connectivity index (χ3v) is 2.25. The van der Waals surface area contributed by atoms with E-state index in [1.54, 1.807) is 0 Å². The summed E-state index contributed by atoms with van der Waals surface area (Å²) in [4.78, 5) is 3.55. The zero-order chi connectivity index (χ0) is 12.3. The number of aromatic nitrogens is 1. The second kappa shape index (κ2) is 4.99. The summed E-state index contributed by atoms with van der Waals surface area (Å²) in [7, 11) is 0. The molecule has 0 saturated carbocycles. The average molecular weight is 256 g/mol. The van der Waals surface area contributed by atoms with Gasteiger partial charge < -0.3 is 10.2 Å². The molecule has 2 atom stereocenters. The maximum atomic E-state index is 12.3. The van der Waals surface area contributed by atoms with Crippen LogP contribution in [-0.4, -0.2) is 27.2 Å². The zero-order valence-electron chi connectivity index (χ0n) is 7.95. The highest BCUT2D eigenvalue weighted by Crippen LogP contribution is 2.30. The zero-order valence-corrected chi connectivity index (χ0v) is 8.70. The molecule has 1 aromatic rings. The van der Waals surface area contributed by atoms with E-state index in [4.69, 9.17) is 11.6 Å². The second-order valence-electron chi connectivity index (χ2n) is 3.13. The number of alkyl halides is 4. The number of hydrogen-bond acceptors (Lipinski definition) is 3. The molecule has 2 unspecified atom stereocenters. The van der Waals surface area contributed by atoms with Gasteiger partial charge in [0.15, 0.2) is 0 Å². The van der Waals surface area contributed by atoms with Crippen molar-refractivity contribution >= 4 is 11.6 Å². The Bertz CT molecular complexity index is 359. The van der Waals surface area contributed by atoms with Crippen molar-refractivity contribution in [2.45, 2.75) is 18.4 Å². The van der Waals surface area contributed by atoms with Crippen LogP contribution < -0.4 is 0 Å². The minimum atomic E-state index is -4.51. The van der Waals surface area contributed by atoms with Crippen LogP contribution in [0.1, 0.15) is 17.4 Å². The summed E-state index contributed by atoms with van der Waals surface area (Å²) < 4.78 is 36.9. The largest absolute Gasteiger partial charge is 0.416 e. The van der Waals surface area contributed by atoms with Crippen molar-refractivity contribution in [1.29, 1.82) is 0 Å². The van der Waals surface area contributed by atoms with E-state index in [0.29, 0.717) is 6.07 Å². The first kappa shape index (κ1) is 13.2. The van der Waals surface area contributed by atoms with E-state index < -0.39 is 23.9 Å². The molecule has 1 aromatic heterocycles. The molecule has 0 saturated heterocycles. The number of hydrogen-bond donors (Lipinski definition) is 2. The molecule has 0 spiro atoms. The molecule has 2 N–H and O–H groups in total. The standard InChI is InChI=1S/C9H9ClF3NO2/c10-4-7(15)8(16)6-3-5(1-2-14-6)9(11,12)13/h1-3,7-8,15-16H,4H2. The molecule has 0 amide bonds. The van der Waals surface area contributed by atoms with Gasteiger partial charge in [0.1, 0.15) is 6.10 Å². The lowest BCUT2D eigenvalue weighted by atomic mass is 10.1. The minimum absolute atomic E-state index is 0.261. The highest BCUT2D eigenvalue weighted by Gasteiger charge is 2.31. The number of aliphatic hydroxyl groups excluding tert-OH is 2. The van der Waals surface area contributed by atoms with E-state index in [2.05, 4.69) is 4.98 Å². The van der Waals surface area contributed by atoms with E-state index in [0.717, 1.165) is 12.3 Å². The van der Waals surface area contributed by atoms with E-state index in [1.165, 1.54) is 0 Å². The Morgan fingerprint density at radius 3 is 2.50 bits per heavy atom. The van der Waals surface area contributed by atoms with Crippen LogP contribution in [0, 0.1) is 0 Å². The maximum absolute atomic E-state index is 12.3. The van der Waals surface area contributed by atoms with Gasteiger partial charge in [-0.25, -0.2) is 0 Å². The van der Waals surface area contributed by atoms with Crippen LogP contribution in [0.5, 0.6) is 0 Å². The van der Waals surface area contributed by atoms with Crippen LogP contribution in [0.15, 0.2) is 18.3 Å². The van der Waals surface area contributed by atoms with Gasteiger partial charge in [-0.3, -0.25) is 4.98 Å². The lowest BCUT2D eigenvalue weighted by Crippen LogP contribution is -2.21. The highest BCUT2D eigenvalue weighted by atomic mass is 35.5. The Balaban J connectivity index is 2.99. The van der Waals surface area contributed by atoms with E-state index >= 15 is 0 Å². The summed E-state index contributed by atoms with van der Waals surface area (Å²) in [6.45, 7) is 0. The summed E-state index contributed by atoms with van der Waals surface area (Å²) >= 11 is 5.27. The summed E-state index contributed by atoms with van der Waals surface area (Å²) in [5.74, 6) is -0.293. The first-order valence-electron chi connectivity index (χ1n) is 4.31. The fraction of sp³-hybridized carbons (Fsp3) is 0.444. The van der Waals surface area contributed by atoms with E-state index in [9.17, 15) is 23.4 Å². The number of halogens is 4. The first-order valence-corrected chi connectivity index (χ1v) is 4.85. The number of rotatable bonds is 3. The molecule has 7 heteroatoms. The molecule has 0 aliphatic carbocycles. The average Bonchev–Trinajstić information content (AvgIpc) is 2.26. The fourth-order valence-electron chi connectivity index (χ4n) is 1.07. The van der Waals surface area contributed by atoms with Gasteiger partial charge in [0.05, 0.1) is 23.2 Å². The molecule has 0 aliphatic rings. The van der Waals surface area contributed by atoms with Gasteiger partial charge >= 0.3 is 6.18 Å². The molecule has 0 aliphatic heterocycles. The van der Waals surface area contributed by atoms with Crippen LogP contribution in [0.4, 0.5) is 13.2 Å². The normalized spacial score (nSPS) is 15.9. The fourth-order valence-corrected chi connectivity index (χ4v) is 1.24. The summed E-state index contributed by atoms with van der Waals surface area (Å²) in [6.07, 6.45) is -6.47. The second-order valence-corrected chi connectivity index (χ2v) is 3.44. The van der Waals surface area contributed by atoms with Gasteiger partial charge in [-0.2, -0.15) is 13.2 Å². The van der Waals surface area contributed by atoms with Crippen molar-refractivity contribution < 1.29 is 23.4 Å². The van der Waals surface area contributed by atoms with E-state index in [1.807, 2.05) is 0 Å². The molecule has 0 radical (unpaired) electrons. The monoisotopic (exact) mass is 255 g/mol. The molecular weight excluding hydrogens is 247 g/mol. The maximum Gasteiger partial charge on any atom is 0.416 e. The van der Waals surface area contributed by atoms with Crippen LogP contribution >= 0.6 is 11.6 Å². The smallest absolute Gasteiger partial charge is 0.389 e. The highest BCUT2D eigenvalue weighted by molar-refractivity contribution is 6.18. The molecule has 1 heterocycles. The van der Waals surface area contributed by atoms with Crippen molar-refractivity contribution in [2.24, 2.45) is 0 Å². The van der Waals surface area contributed by atoms with Gasteiger partial charge in [0, 0.05) is 6.20 Å². The number of nitrogens with zero attached hydrogens (tertiary/aromatic N) is 1. The van der Waals surface area contributed by atoms with Crippen LogP contribution in [0.3, 0.4) is 0 Å². The Labute approximate surface area is 94.5 Å². The van der Waals surface area contributed by atoms with Gasteiger partial charge in [-0.15, -0.1) is 11.6 Å². The van der Waals surface area contributed by atoms with Crippen LogP contribution in [0.25, 0.3) is 0 Å².